The van der Waals surface area contributed by atoms with Crippen LogP contribution >= 0.6 is 11.8 Å². The van der Waals surface area contributed by atoms with Crippen LogP contribution < -0.4 is 10.2 Å². The third kappa shape index (κ3) is 5.99. The topological polar surface area (TPSA) is 83.7 Å². The molecule has 8 nitrogen and oxygen atoms in total. The van der Waals surface area contributed by atoms with Crippen molar-refractivity contribution in [3.05, 3.63) is 35.4 Å². The Balaban J connectivity index is 1.34. The van der Waals surface area contributed by atoms with E-state index in [0.29, 0.717) is 18.1 Å². The first-order valence-corrected chi connectivity index (χ1v) is 12.0. The molecule has 2 aromatic rings. The first kappa shape index (κ1) is 22.1. The second-order valence-corrected chi connectivity index (χ2v) is 8.99. The van der Waals surface area contributed by atoms with Gasteiger partial charge in [-0.2, -0.15) is 0 Å². The van der Waals surface area contributed by atoms with Gasteiger partial charge in [0.25, 0.3) is 5.91 Å². The molecule has 2 aromatic heterocycles. The van der Waals surface area contributed by atoms with E-state index in [4.69, 9.17) is 14.1 Å². The van der Waals surface area contributed by atoms with Crippen molar-refractivity contribution in [2.45, 2.75) is 43.2 Å². The van der Waals surface area contributed by atoms with Crippen LogP contribution in [0.3, 0.4) is 0 Å². The van der Waals surface area contributed by atoms with Crippen LogP contribution in [0.1, 0.15) is 41.8 Å². The van der Waals surface area contributed by atoms with Gasteiger partial charge < -0.3 is 24.3 Å². The number of hydrogen-bond acceptors (Lipinski definition) is 8. The van der Waals surface area contributed by atoms with Crippen molar-refractivity contribution in [2.75, 3.05) is 51.3 Å². The number of furan rings is 1. The number of rotatable bonds is 8. The summed E-state index contributed by atoms with van der Waals surface area (Å²) >= 11 is 1.54. The molecule has 0 spiro atoms. The van der Waals surface area contributed by atoms with E-state index in [1.54, 1.807) is 6.07 Å². The predicted octanol–water partition coefficient (Wildman–Crippen LogP) is 2.58. The van der Waals surface area contributed by atoms with Gasteiger partial charge in [-0.05, 0) is 38.4 Å². The number of anilines is 1. The first-order chi connectivity index (χ1) is 15.1. The van der Waals surface area contributed by atoms with Crippen LogP contribution in [-0.4, -0.2) is 73.3 Å². The average Bonchev–Trinajstić information content (AvgIpc) is 3.48. The highest BCUT2D eigenvalue weighted by atomic mass is 32.2. The molecule has 1 atom stereocenters. The summed E-state index contributed by atoms with van der Waals surface area (Å²) in [5.74, 6) is 2.44. The zero-order valence-corrected chi connectivity index (χ0v) is 19.1. The van der Waals surface area contributed by atoms with Gasteiger partial charge in [-0.3, -0.25) is 4.79 Å². The van der Waals surface area contributed by atoms with Crippen LogP contribution in [0, 0.1) is 0 Å². The lowest BCUT2D eigenvalue weighted by Gasteiger charge is -2.33. The molecule has 0 radical (unpaired) electrons. The van der Waals surface area contributed by atoms with E-state index in [2.05, 4.69) is 40.1 Å². The summed E-state index contributed by atoms with van der Waals surface area (Å²) in [6.45, 7) is 7.44. The maximum absolute atomic E-state index is 12.3. The number of hydrogen-bond donors (Lipinski definition) is 1. The highest BCUT2D eigenvalue weighted by Gasteiger charge is 2.19. The molecule has 2 aliphatic heterocycles. The molecule has 4 rings (SSSR count). The van der Waals surface area contributed by atoms with E-state index in [1.807, 2.05) is 6.07 Å². The van der Waals surface area contributed by atoms with Gasteiger partial charge in [0.15, 0.2) is 10.9 Å². The normalized spacial score (nSPS) is 19.7. The summed E-state index contributed by atoms with van der Waals surface area (Å²) in [5.41, 5.74) is 1.04. The van der Waals surface area contributed by atoms with E-state index in [-0.39, 0.29) is 12.0 Å². The van der Waals surface area contributed by atoms with Gasteiger partial charge in [-0.1, -0.05) is 18.7 Å². The summed E-state index contributed by atoms with van der Waals surface area (Å²) in [7, 11) is 2.15. The van der Waals surface area contributed by atoms with E-state index in [9.17, 15) is 4.79 Å². The Labute approximate surface area is 187 Å². The molecule has 1 N–H and O–H groups in total. The molecule has 9 heteroatoms. The van der Waals surface area contributed by atoms with Crippen molar-refractivity contribution < 1.29 is 13.9 Å². The van der Waals surface area contributed by atoms with Crippen LogP contribution in [0.15, 0.2) is 27.8 Å². The summed E-state index contributed by atoms with van der Waals surface area (Å²) in [4.78, 5) is 26.4. The minimum absolute atomic E-state index is 0.117. The first-order valence-electron chi connectivity index (χ1n) is 11.0. The third-order valence-corrected chi connectivity index (χ3v) is 6.55. The number of thioether (sulfide) groups is 1. The molecule has 2 saturated heterocycles. The Kier molecular flexibility index (Phi) is 7.47. The maximum Gasteiger partial charge on any atom is 0.287 e. The van der Waals surface area contributed by atoms with Gasteiger partial charge in [0.2, 0.25) is 0 Å². The molecule has 4 heterocycles. The zero-order valence-electron chi connectivity index (χ0n) is 18.3. The van der Waals surface area contributed by atoms with Gasteiger partial charge >= 0.3 is 0 Å². The number of nitrogens with one attached hydrogen (secondary N) is 1. The molecule has 0 aliphatic carbocycles. The lowest BCUT2D eigenvalue weighted by molar-refractivity contribution is 0.0834. The summed E-state index contributed by atoms with van der Waals surface area (Å²) in [6, 6.07) is 5.66. The quantitative estimate of drug-likeness (QED) is 0.490. The van der Waals surface area contributed by atoms with Gasteiger partial charge in [0.05, 0.1) is 11.9 Å². The summed E-state index contributed by atoms with van der Waals surface area (Å²) in [6.07, 6.45) is 3.03. The lowest BCUT2D eigenvalue weighted by atomic mass is 10.2. The van der Waals surface area contributed by atoms with Gasteiger partial charge in [0, 0.05) is 51.1 Å². The second kappa shape index (κ2) is 10.5. The maximum atomic E-state index is 12.3. The van der Waals surface area contributed by atoms with Crippen LogP contribution in [-0.2, 0) is 16.9 Å². The fourth-order valence-corrected chi connectivity index (χ4v) is 4.48. The molecule has 2 fully saturated rings. The van der Waals surface area contributed by atoms with Crippen LogP contribution in [0.25, 0.3) is 0 Å². The minimum atomic E-state index is -0.201. The van der Waals surface area contributed by atoms with Gasteiger partial charge in [0.1, 0.15) is 11.6 Å². The molecule has 31 heavy (non-hydrogen) atoms. The Morgan fingerprint density at radius 1 is 1.26 bits per heavy atom. The van der Waals surface area contributed by atoms with E-state index in [0.717, 1.165) is 74.5 Å². The molecular weight excluding hydrogens is 414 g/mol. The number of aromatic nitrogens is 2. The molecule has 1 unspecified atom stereocenters. The fourth-order valence-electron chi connectivity index (χ4n) is 3.71. The average molecular weight is 446 g/mol. The van der Waals surface area contributed by atoms with Gasteiger partial charge in [-0.25, -0.2) is 9.97 Å². The number of likely N-dealkylation sites (N-methyl/N-ethyl adjacent to an activating group) is 1. The number of carbonyl (C=O) groups is 1. The highest BCUT2D eigenvalue weighted by molar-refractivity contribution is 7.98. The predicted molar refractivity (Wildman–Crippen MR) is 121 cm³/mol. The lowest BCUT2D eigenvalue weighted by Crippen LogP contribution is -2.44. The minimum Gasteiger partial charge on any atom is -0.455 e. The molecule has 2 aliphatic rings. The smallest absolute Gasteiger partial charge is 0.287 e. The second-order valence-electron chi connectivity index (χ2n) is 8.04. The van der Waals surface area contributed by atoms with Crippen molar-refractivity contribution in [1.29, 1.82) is 0 Å². The van der Waals surface area contributed by atoms with Crippen molar-refractivity contribution >= 4 is 23.5 Å². The molecule has 0 bridgehead atoms. The Hall–Kier alpha value is -2.10. The number of aryl methyl sites for hydroxylation is 1. The Morgan fingerprint density at radius 2 is 2.10 bits per heavy atom. The standard InChI is InChI=1S/C22H31N5O3S/c1-3-16-13-20(27-10-8-26(2)9-11-27)25-22(24-16)31-15-18-6-7-19(30-18)21(28)23-14-17-5-4-12-29-17/h6-7,13,17H,3-5,8-12,14-15H2,1-2H3,(H,23,28). The zero-order chi connectivity index (χ0) is 21.6. The Morgan fingerprint density at radius 3 is 2.84 bits per heavy atom. The summed E-state index contributed by atoms with van der Waals surface area (Å²) in [5, 5.41) is 3.64. The number of nitrogens with zero attached hydrogens (tertiary/aromatic N) is 4. The SMILES string of the molecule is CCc1cc(N2CCN(C)CC2)nc(SCc2ccc(C(=O)NCC3CCCO3)o2)n1. The van der Waals surface area contributed by atoms with Crippen molar-refractivity contribution in [1.82, 2.24) is 20.2 Å². The molecular formula is C22H31N5O3S. The van der Waals surface area contributed by atoms with Crippen LogP contribution in [0.2, 0.25) is 0 Å². The van der Waals surface area contributed by atoms with Gasteiger partial charge in [-0.15, -0.1) is 0 Å². The molecule has 168 valence electrons. The van der Waals surface area contributed by atoms with E-state index in [1.165, 1.54) is 11.8 Å². The van der Waals surface area contributed by atoms with Crippen LogP contribution in [0.4, 0.5) is 5.82 Å². The molecule has 1 amide bonds. The largest absolute Gasteiger partial charge is 0.455 e. The Bertz CT molecular complexity index is 876. The van der Waals surface area contributed by atoms with Crippen molar-refractivity contribution in [3.8, 4) is 0 Å². The highest BCUT2D eigenvalue weighted by Crippen LogP contribution is 2.25. The van der Waals surface area contributed by atoms with Crippen LogP contribution in [0.5, 0.6) is 0 Å². The molecule has 0 aromatic carbocycles. The monoisotopic (exact) mass is 445 g/mol. The fraction of sp³-hybridized carbons (Fsp3) is 0.591. The number of piperazine rings is 1. The van der Waals surface area contributed by atoms with E-state index < -0.39 is 0 Å². The number of amides is 1. The summed E-state index contributed by atoms with van der Waals surface area (Å²) < 4.78 is 11.3. The number of carbonyl (C=O) groups excluding carboxylic acids is 1. The van der Waals surface area contributed by atoms with Crippen molar-refractivity contribution in [3.63, 3.8) is 0 Å². The number of ether oxygens (including phenoxy) is 1. The van der Waals surface area contributed by atoms with Crippen molar-refractivity contribution in [2.24, 2.45) is 0 Å². The third-order valence-electron chi connectivity index (χ3n) is 5.68. The van der Waals surface area contributed by atoms with E-state index >= 15 is 0 Å². The molecule has 0 saturated carbocycles.